The van der Waals surface area contributed by atoms with Crippen LogP contribution in [-0.2, 0) is 9.53 Å². The maximum Gasteiger partial charge on any atom is 0.333 e. The summed E-state index contributed by atoms with van der Waals surface area (Å²) in [6, 6.07) is 0. The van der Waals surface area contributed by atoms with Crippen molar-refractivity contribution in [2.24, 2.45) is 4.99 Å². The number of ether oxygens (including phenoxy) is 1. The number of aliphatic imine (C=N–C) groups is 1. The Morgan fingerprint density at radius 1 is 0.786 bits per heavy atom. The molecule has 160 valence electrons. The third kappa shape index (κ3) is 14.6. The van der Waals surface area contributed by atoms with Gasteiger partial charge in [-0.15, -0.1) is 0 Å². The quantitative estimate of drug-likeness (QED) is 0.121. The van der Waals surface area contributed by atoms with Crippen LogP contribution in [-0.4, -0.2) is 18.3 Å². The van der Waals surface area contributed by atoms with Gasteiger partial charge in [0.05, 0.1) is 6.61 Å². The number of allylic oxidation sites excluding steroid dienone is 1. The molecule has 0 spiro atoms. The molecule has 0 amide bonds. The topological polar surface area (TPSA) is 38.7 Å². The number of carbonyl (C=O) groups is 1. The average molecular weight is 390 g/mol. The van der Waals surface area contributed by atoms with Crippen molar-refractivity contribution in [2.45, 2.75) is 116 Å². The third-order valence-electron chi connectivity index (χ3n) is 5.42. The maximum absolute atomic E-state index is 11.2. The van der Waals surface area contributed by atoms with Crippen molar-refractivity contribution in [1.29, 1.82) is 0 Å². The van der Waals surface area contributed by atoms with E-state index in [0.717, 1.165) is 12.8 Å². The lowest BCUT2D eigenvalue weighted by molar-refractivity contribution is -0.139. The molecule has 0 aromatic heterocycles. The number of hydrogen-bond acceptors (Lipinski definition) is 3. The predicted octanol–water partition coefficient (Wildman–Crippen LogP) is 7.71. The van der Waals surface area contributed by atoms with E-state index in [4.69, 9.17) is 4.74 Å². The summed E-state index contributed by atoms with van der Waals surface area (Å²) in [6.07, 6.45) is 26.6. The van der Waals surface area contributed by atoms with E-state index in [1.54, 1.807) is 6.92 Å². The summed E-state index contributed by atoms with van der Waals surface area (Å²) in [6.45, 7) is 5.81. The number of rotatable bonds is 20. The molecule has 0 saturated heterocycles. The molecule has 1 aliphatic heterocycles. The molecule has 1 rings (SSSR count). The van der Waals surface area contributed by atoms with E-state index < -0.39 is 0 Å². The fourth-order valence-electron chi connectivity index (χ4n) is 3.50. The molecule has 0 radical (unpaired) electrons. The zero-order valence-electron chi connectivity index (χ0n) is 18.4. The molecule has 0 saturated carbocycles. The highest BCUT2D eigenvalue weighted by Crippen LogP contribution is 2.14. The Morgan fingerprint density at radius 2 is 1.18 bits per heavy atom. The van der Waals surface area contributed by atoms with Gasteiger partial charge in [-0.25, -0.2) is 4.79 Å². The molecular weight excluding hydrogens is 346 g/mol. The van der Waals surface area contributed by atoms with Crippen LogP contribution in [0.2, 0.25) is 0 Å². The second-order valence-electron chi connectivity index (χ2n) is 8.26. The first-order valence-electron chi connectivity index (χ1n) is 11.8. The molecule has 0 unspecified atom stereocenters. The van der Waals surface area contributed by atoms with E-state index >= 15 is 0 Å². The second kappa shape index (κ2) is 17.7. The largest absolute Gasteiger partial charge is 0.462 e. The Bertz CT molecular complexity index is 479. The molecule has 0 bridgehead atoms. The smallest absolute Gasteiger partial charge is 0.333 e. The summed E-state index contributed by atoms with van der Waals surface area (Å²) in [5.41, 5.74) is 1.78. The van der Waals surface area contributed by atoms with E-state index in [2.05, 4.69) is 17.6 Å². The molecule has 0 aromatic rings. The van der Waals surface area contributed by atoms with Gasteiger partial charge >= 0.3 is 5.97 Å². The first-order valence-corrected chi connectivity index (χ1v) is 11.8. The van der Waals surface area contributed by atoms with Gasteiger partial charge in [-0.1, -0.05) is 96.5 Å². The van der Waals surface area contributed by atoms with Crippen LogP contribution in [0.5, 0.6) is 0 Å². The minimum Gasteiger partial charge on any atom is -0.462 e. The van der Waals surface area contributed by atoms with Gasteiger partial charge < -0.3 is 4.74 Å². The van der Waals surface area contributed by atoms with E-state index in [0.29, 0.717) is 12.2 Å². The molecule has 3 nitrogen and oxygen atoms in total. The molecule has 0 fully saturated rings. The van der Waals surface area contributed by atoms with Crippen molar-refractivity contribution in [1.82, 2.24) is 0 Å². The number of unbranched alkanes of at least 4 members (excludes halogenated alkanes) is 15. The predicted molar refractivity (Wildman–Crippen MR) is 121 cm³/mol. The van der Waals surface area contributed by atoms with Crippen LogP contribution in [0.25, 0.3) is 0 Å². The molecule has 0 N–H and O–H groups in total. The SMILES string of the molecule is C=C(C)C(=O)OCCCCCCCCCCCCCCCCCCC1=NC=C1. The first-order chi connectivity index (χ1) is 13.7. The van der Waals surface area contributed by atoms with Gasteiger partial charge in [-0.05, 0) is 32.3 Å². The van der Waals surface area contributed by atoms with Crippen molar-refractivity contribution < 1.29 is 9.53 Å². The zero-order valence-corrected chi connectivity index (χ0v) is 18.4. The lowest BCUT2D eigenvalue weighted by atomic mass is 10.0. The van der Waals surface area contributed by atoms with Crippen molar-refractivity contribution in [3.8, 4) is 0 Å². The van der Waals surface area contributed by atoms with Crippen molar-refractivity contribution in [2.75, 3.05) is 6.61 Å². The minimum absolute atomic E-state index is 0.257. The fourth-order valence-corrected chi connectivity index (χ4v) is 3.50. The number of nitrogens with zero attached hydrogens (tertiary/aromatic N) is 1. The van der Waals surface area contributed by atoms with Crippen molar-refractivity contribution >= 4 is 11.7 Å². The lowest BCUT2D eigenvalue weighted by Crippen LogP contribution is -2.05. The van der Waals surface area contributed by atoms with Crippen LogP contribution in [0.3, 0.4) is 0 Å². The summed E-state index contributed by atoms with van der Waals surface area (Å²) in [5, 5.41) is 0. The molecule has 0 aromatic carbocycles. The molecule has 1 aliphatic rings. The molecule has 0 atom stereocenters. The summed E-state index contributed by atoms with van der Waals surface area (Å²) in [4.78, 5) is 15.4. The number of esters is 1. The van der Waals surface area contributed by atoms with Gasteiger partial charge in [0.15, 0.2) is 0 Å². The van der Waals surface area contributed by atoms with E-state index in [-0.39, 0.29) is 5.97 Å². The van der Waals surface area contributed by atoms with Gasteiger partial charge in [0.1, 0.15) is 0 Å². The monoisotopic (exact) mass is 389 g/mol. The van der Waals surface area contributed by atoms with Crippen LogP contribution < -0.4 is 0 Å². The Labute approximate surface area is 173 Å². The third-order valence-corrected chi connectivity index (χ3v) is 5.42. The second-order valence-corrected chi connectivity index (χ2v) is 8.26. The van der Waals surface area contributed by atoms with E-state index in [1.165, 1.54) is 102 Å². The highest BCUT2D eigenvalue weighted by Gasteiger charge is 2.02. The summed E-state index contributed by atoms with van der Waals surface area (Å²) < 4.78 is 5.10. The summed E-state index contributed by atoms with van der Waals surface area (Å²) >= 11 is 0. The van der Waals surface area contributed by atoms with Crippen LogP contribution in [0, 0.1) is 0 Å². The zero-order chi connectivity index (χ0) is 20.3. The highest BCUT2D eigenvalue weighted by molar-refractivity contribution is 5.99. The van der Waals surface area contributed by atoms with E-state index in [1.807, 2.05) is 6.20 Å². The Balaban J connectivity index is 1.65. The minimum atomic E-state index is -0.257. The Kier molecular flexibility index (Phi) is 15.6. The van der Waals surface area contributed by atoms with Gasteiger partial charge in [0.25, 0.3) is 0 Å². The van der Waals surface area contributed by atoms with Gasteiger partial charge in [0, 0.05) is 17.5 Å². The van der Waals surface area contributed by atoms with Crippen molar-refractivity contribution in [3.05, 3.63) is 24.4 Å². The fraction of sp³-hybridized carbons (Fsp3) is 0.760. The Morgan fingerprint density at radius 3 is 1.54 bits per heavy atom. The van der Waals surface area contributed by atoms with Crippen LogP contribution in [0.15, 0.2) is 29.4 Å². The van der Waals surface area contributed by atoms with Crippen molar-refractivity contribution in [3.63, 3.8) is 0 Å². The molecule has 28 heavy (non-hydrogen) atoms. The standard InChI is InChI=1S/C25H43NO2/c1-23(2)25(27)28-22-18-16-14-12-10-8-6-4-3-5-7-9-11-13-15-17-19-24-20-21-26-24/h20-21H,1,3-19,22H2,2H3. The maximum atomic E-state index is 11.2. The van der Waals surface area contributed by atoms with Gasteiger partial charge in [0.2, 0.25) is 0 Å². The first kappa shape index (κ1) is 24.7. The van der Waals surface area contributed by atoms with Crippen LogP contribution in [0.1, 0.15) is 116 Å². The molecule has 3 heteroatoms. The van der Waals surface area contributed by atoms with Crippen LogP contribution >= 0.6 is 0 Å². The average Bonchev–Trinajstić information content (AvgIpc) is 2.64. The van der Waals surface area contributed by atoms with Gasteiger partial charge in [-0.2, -0.15) is 0 Å². The highest BCUT2D eigenvalue weighted by atomic mass is 16.5. The summed E-state index contributed by atoms with van der Waals surface area (Å²) in [5.74, 6) is -0.257. The van der Waals surface area contributed by atoms with E-state index in [9.17, 15) is 4.79 Å². The number of carbonyl (C=O) groups excluding carboxylic acids is 1. The molecule has 0 aliphatic carbocycles. The van der Waals surface area contributed by atoms with Gasteiger partial charge in [-0.3, -0.25) is 4.99 Å². The molecular formula is C25H43NO2. The number of hydrogen-bond donors (Lipinski definition) is 0. The van der Waals surface area contributed by atoms with Crippen LogP contribution in [0.4, 0.5) is 0 Å². The lowest BCUT2D eigenvalue weighted by Gasteiger charge is -2.06. The molecule has 1 heterocycles. The summed E-state index contributed by atoms with van der Waals surface area (Å²) in [7, 11) is 0. The normalized spacial score (nSPS) is 12.5. The Hall–Kier alpha value is -1.38.